The van der Waals surface area contributed by atoms with Gasteiger partial charge in [-0.05, 0) is 60.7 Å². The highest BCUT2D eigenvalue weighted by Crippen LogP contribution is 2.25. The van der Waals surface area contributed by atoms with E-state index in [2.05, 4.69) is 15.3 Å². The lowest BCUT2D eigenvalue weighted by molar-refractivity contribution is 0.100. The Morgan fingerprint density at radius 2 is 1.45 bits per heavy atom. The Labute approximate surface area is 179 Å². The van der Waals surface area contributed by atoms with Crippen LogP contribution in [0, 0.1) is 0 Å². The van der Waals surface area contributed by atoms with Crippen molar-refractivity contribution in [3.63, 3.8) is 0 Å². The Hall–Kier alpha value is -4.04. The summed E-state index contributed by atoms with van der Waals surface area (Å²) >= 11 is 0. The SMILES string of the molecule is NC(=O)c1ccc(Nc2cccc(-c3ccc(S(=O)(=O)c4ccncc4)cc3)n2)cc1. The number of nitrogens with zero attached hydrogens (tertiary/aromatic N) is 2. The van der Waals surface area contributed by atoms with Crippen LogP contribution < -0.4 is 11.1 Å². The molecule has 8 heteroatoms. The molecule has 0 fully saturated rings. The van der Waals surface area contributed by atoms with E-state index in [4.69, 9.17) is 5.73 Å². The van der Waals surface area contributed by atoms with Gasteiger partial charge in [0.25, 0.3) is 0 Å². The smallest absolute Gasteiger partial charge is 0.248 e. The van der Waals surface area contributed by atoms with Crippen LogP contribution in [-0.2, 0) is 9.84 Å². The van der Waals surface area contributed by atoms with Gasteiger partial charge in [0.2, 0.25) is 15.7 Å². The molecule has 4 aromatic rings. The molecule has 0 saturated carbocycles. The number of benzene rings is 2. The molecule has 0 spiro atoms. The van der Waals surface area contributed by atoms with Gasteiger partial charge in [-0.15, -0.1) is 0 Å². The van der Waals surface area contributed by atoms with E-state index in [0.717, 1.165) is 11.3 Å². The van der Waals surface area contributed by atoms with Crippen LogP contribution in [0.2, 0.25) is 0 Å². The number of amides is 1. The first kappa shape index (κ1) is 20.2. The average Bonchev–Trinajstić information content (AvgIpc) is 2.80. The molecule has 0 atom stereocenters. The molecule has 0 unspecified atom stereocenters. The molecule has 2 aromatic heterocycles. The number of carbonyl (C=O) groups is 1. The van der Waals surface area contributed by atoms with Crippen molar-refractivity contribution in [3.8, 4) is 11.3 Å². The van der Waals surface area contributed by atoms with Gasteiger partial charge >= 0.3 is 0 Å². The normalized spacial score (nSPS) is 11.1. The summed E-state index contributed by atoms with van der Waals surface area (Å²) in [6.45, 7) is 0. The van der Waals surface area contributed by atoms with Gasteiger partial charge in [0, 0.05) is 29.2 Å². The van der Waals surface area contributed by atoms with Gasteiger partial charge in [-0.25, -0.2) is 13.4 Å². The maximum Gasteiger partial charge on any atom is 0.248 e. The van der Waals surface area contributed by atoms with E-state index in [0.29, 0.717) is 17.1 Å². The molecule has 0 aliphatic heterocycles. The topological polar surface area (TPSA) is 115 Å². The van der Waals surface area contributed by atoms with Crippen LogP contribution in [0.25, 0.3) is 11.3 Å². The second-order valence-corrected chi connectivity index (χ2v) is 8.64. The van der Waals surface area contributed by atoms with Crippen molar-refractivity contribution in [2.45, 2.75) is 9.79 Å². The molecule has 31 heavy (non-hydrogen) atoms. The molecule has 0 aliphatic carbocycles. The molecule has 154 valence electrons. The van der Waals surface area contributed by atoms with Crippen molar-refractivity contribution in [2.24, 2.45) is 5.73 Å². The second kappa shape index (κ2) is 8.37. The molecule has 1 amide bonds. The van der Waals surface area contributed by atoms with Crippen LogP contribution in [0.15, 0.2) is 101 Å². The predicted octanol–water partition coefficient (Wildman–Crippen LogP) is 3.82. The summed E-state index contributed by atoms with van der Waals surface area (Å²) in [5.74, 6) is 0.124. The van der Waals surface area contributed by atoms with Crippen LogP contribution in [0.1, 0.15) is 10.4 Å². The van der Waals surface area contributed by atoms with Crippen LogP contribution in [0.3, 0.4) is 0 Å². The lowest BCUT2D eigenvalue weighted by Gasteiger charge is -2.09. The predicted molar refractivity (Wildman–Crippen MR) is 118 cm³/mol. The fraction of sp³-hybridized carbons (Fsp3) is 0. The molecular weight excluding hydrogens is 412 g/mol. The molecule has 0 aliphatic rings. The summed E-state index contributed by atoms with van der Waals surface area (Å²) in [6, 6.07) is 21.8. The number of primary amides is 1. The van der Waals surface area contributed by atoms with Crippen molar-refractivity contribution < 1.29 is 13.2 Å². The number of nitrogens with one attached hydrogen (secondary N) is 1. The molecule has 0 radical (unpaired) electrons. The Bertz CT molecular complexity index is 1320. The maximum atomic E-state index is 12.7. The quantitative estimate of drug-likeness (QED) is 0.481. The first-order chi connectivity index (χ1) is 14.9. The van der Waals surface area contributed by atoms with E-state index in [1.807, 2.05) is 18.2 Å². The number of aromatic nitrogens is 2. The van der Waals surface area contributed by atoms with E-state index in [-0.39, 0.29) is 9.79 Å². The van der Waals surface area contributed by atoms with Gasteiger partial charge < -0.3 is 11.1 Å². The third-order valence-electron chi connectivity index (χ3n) is 4.61. The summed E-state index contributed by atoms with van der Waals surface area (Å²) in [4.78, 5) is 20.0. The zero-order valence-electron chi connectivity index (χ0n) is 16.3. The van der Waals surface area contributed by atoms with Gasteiger partial charge in [0.05, 0.1) is 15.5 Å². The summed E-state index contributed by atoms with van der Waals surface area (Å²) in [5.41, 5.74) is 7.91. The summed E-state index contributed by atoms with van der Waals surface area (Å²) in [7, 11) is -3.60. The number of nitrogens with two attached hydrogens (primary N) is 1. The average molecular weight is 430 g/mol. The number of sulfone groups is 1. The first-order valence-corrected chi connectivity index (χ1v) is 10.8. The number of hydrogen-bond acceptors (Lipinski definition) is 6. The standard InChI is InChI=1S/C23H18N4O3S/c24-23(28)17-4-8-18(9-5-17)26-22-3-1-2-21(27-22)16-6-10-19(11-7-16)31(29,30)20-12-14-25-15-13-20/h1-15H,(H2,24,28)(H,26,27). The Morgan fingerprint density at radius 3 is 2.10 bits per heavy atom. The van der Waals surface area contributed by atoms with E-state index in [9.17, 15) is 13.2 Å². The van der Waals surface area contributed by atoms with Gasteiger partial charge in [-0.1, -0.05) is 18.2 Å². The summed E-state index contributed by atoms with van der Waals surface area (Å²) in [6.07, 6.45) is 2.90. The van der Waals surface area contributed by atoms with Crippen LogP contribution in [0.5, 0.6) is 0 Å². The van der Waals surface area contributed by atoms with Crippen LogP contribution >= 0.6 is 0 Å². The van der Waals surface area contributed by atoms with Crippen LogP contribution in [0.4, 0.5) is 11.5 Å². The Balaban J connectivity index is 1.56. The zero-order valence-corrected chi connectivity index (χ0v) is 17.1. The van der Waals surface area contributed by atoms with E-state index < -0.39 is 15.7 Å². The molecular formula is C23H18N4O3S. The molecule has 0 bridgehead atoms. The molecule has 2 heterocycles. The molecule has 0 saturated heterocycles. The van der Waals surface area contributed by atoms with Gasteiger partial charge in [-0.3, -0.25) is 9.78 Å². The third-order valence-corrected chi connectivity index (χ3v) is 6.40. The second-order valence-electron chi connectivity index (χ2n) is 6.69. The van der Waals surface area contributed by atoms with E-state index >= 15 is 0 Å². The first-order valence-electron chi connectivity index (χ1n) is 9.33. The van der Waals surface area contributed by atoms with Gasteiger partial charge in [0.15, 0.2) is 0 Å². The van der Waals surface area contributed by atoms with E-state index in [1.165, 1.54) is 24.5 Å². The highest BCUT2D eigenvalue weighted by Gasteiger charge is 2.17. The minimum Gasteiger partial charge on any atom is -0.366 e. The highest BCUT2D eigenvalue weighted by atomic mass is 32.2. The third kappa shape index (κ3) is 4.44. The number of rotatable bonds is 6. The fourth-order valence-corrected chi connectivity index (χ4v) is 4.24. The Kier molecular flexibility index (Phi) is 5.46. The summed E-state index contributed by atoms with van der Waals surface area (Å²) in [5, 5.41) is 3.17. The summed E-state index contributed by atoms with van der Waals surface area (Å²) < 4.78 is 25.4. The zero-order chi connectivity index (χ0) is 21.8. The van der Waals surface area contributed by atoms with Crippen molar-refractivity contribution in [1.82, 2.24) is 9.97 Å². The number of pyridine rings is 2. The fourth-order valence-electron chi connectivity index (χ4n) is 2.99. The van der Waals surface area contributed by atoms with Crippen LogP contribution in [-0.4, -0.2) is 24.3 Å². The highest BCUT2D eigenvalue weighted by molar-refractivity contribution is 7.91. The van der Waals surface area contributed by atoms with Gasteiger partial charge in [0.1, 0.15) is 5.82 Å². The number of hydrogen-bond donors (Lipinski definition) is 2. The molecule has 2 aromatic carbocycles. The largest absolute Gasteiger partial charge is 0.366 e. The lowest BCUT2D eigenvalue weighted by Crippen LogP contribution is -2.10. The van der Waals surface area contributed by atoms with Crippen molar-refractivity contribution in [3.05, 3.63) is 96.8 Å². The van der Waals surface area contributed by atoms with Crippen molar-refractivity contribution >= 4 is 27.2 Å². The maximum absolute atomic E-state index is 12.7. The van der Waals surface area contributed by atoms with Crippen molar-refractivity contribution in [1.29, 1.82) is 0 Å². The lowest BCUT2D eigenvalue weighted by atomic mass is 10.1. The minimum atomic E-state index is -3.60. The van der Waals surface area contributed by atoms with Gasteiger partial charge in [-0.2, -0.15) is 0 Å². The number of carbonyl (C=O) groups excluding carboxylic acids is 1. The van der Waals surface area contributed by atoms with Crippen molar-refractivity contribution in [2.75, 3.05) is 5.32 Å². The number of anilines is 2. The minimum absolute atomic E-state index is 0.196. The Morgan fingerprint density at radius 1 is 0.806 bits per heavy atom. The molecule has 4 rings (SSSR count). The molecule has 3 N–H and O–H groups in total. The van der Waals surface area contributed by atoms with E-state index in [1.54, 1.807) is 48.5 Å². The monoisotopic (exact) mass is 430 g/mol. The molecule has 7 nitrogen and oxygen atoms in total.